The van der Waals surface area contributed by atoms with Crippen molar-refractivity contribution in [1.29, 1.82) is 0 Å². The van der Waals surface area contributed by atoms with Crippen molar-refractivity contribution in [3.8, 4) is 0 Å². The lowest BCUT2D eigenvalue weighted by Gasteiger charge is -2.33. The summed E-state index contributed by atoms with van der Waals surface area (Å²) in [4.78, 5) is 21.7. The summed E-state index contributed by atoms with van der Waals surface area (Å²) in [6.07, 6.45) is 1.82. The lowest BCUT2D eigenvalue weighted by Crippen LogP contribution is -2.48. The van der Waals surface area contributed by atoms with E-state index in [2.05, 4.69) is 27.1 Å². The third-order valence-corrected chi connectivity index (χ3v) is 4.93. The summed E-state index contributed by atoms with van der Waals surface area (Å²) in [6, 6.07) is 13.4. The summed E-state index contributed by atoms with van der Waals surface area (Å²) in [5.41, 5.74) is 6.93. The van der Waals surface area contributed by atoms with E-state index in [0.717, 1.165) is 43.1 Å². The average Bonchev–Trinajstić information content (AvgIpc) is 2.68. The van der Waals surface area contributed by atoms with Gasteiger partial charge in [0.25, 0.3) is 0 Å². The van der Waals surface area contributed by atoms with Crippen molar-refractivity contribution < 1.29 is 4.79 Å². The first kappa shape index (κ1) is 18.4. The van der Waals surface area contributed by atoms with Crippen molar-refractivity contribution in [2.24, 2.45) is 5.73 Å². The first-order valence-corrected chi connectivity index (χ1v) is 8.98. The molecule has 0 saturated carbocycles. The van der Waals surface area contributed by atoms with Crippen molar-refractivity contribution in [2.75, 3.05) is 38.1 Å². The molecule has 2 aromatic rings. The highest BCUT2D eigenvalue weighted by Crippen LogP contribution is 2.18. The van der Waals surface area contributed by atoms with E-state index in [-0.39, 0.29) is 5.91 Å². The molecule has 0 radical (unpaired) electrons. The predicted octanol–water partition coefficient (Wildman–Crippen LogP) is 1.32. The highest BCUT2D eigenvalue weighted by atomic mass is 16.2. The van der Waals surface area contributed by atoms with Crippen LogP contribution in [0.2, 0.25) is 0 Å². The minimum absolute atomic E-state index is 0.202. The van der Waals surface area contributed by atoms with E-state index in [1.165, 1.54) is 0 Å². The van der Waals surface area contributed by atoms with Crippen molar-refractivity contribution in [2.45, 2.75) is 19.0 Å². The second kappa shape index (κ2) is 7.85. The van der Waals surface area contributed by atoms with E-state index in [0.29, 0.717) is 6.54 Å². The number of pyridine rings is 1. The van der Waals surface area contributed by atoms with Crippen molar-refractivity contribution in [3.05, 3.63) is 59.8 Å². The smallest absolute Gasteiger partial charge is 0.244 e. The Morgan fingerprint density at radius 1 is 1.15 bits per heavy atom. The number of amides is 1. The molecule has 26 heavy (non-hydrogen) atoms. The maximum Gasteiger partial charge on any atom is 0.244 e. The number of rotatable bonds is 5. The number of nitrogens with zero attached hydrogens (tertiary/aromatic N) is 3. The number of nitrogens with one attached hydrogen (secondary N) is 1. The van der Waals surface area contributed by atoms with Crippen LogP contribution in [-0.2, 0) is 16.9 Å². The number of hydrogen-bond donors (Lipinski definition) is 2. The topological polar surface area (TPSA) is 74.5 Å². The molecule has 0 aliphatic carbocycles. The van der Waals surface area contributed by atoms with E-state index in [4.69, 9.17) is 5.73 Å². The Bertz CT molecular complexity index is 722. The Labute approximate surface area is 155 Å². The van der Waals surface area contributed by atoms with E-state index < -0.39 is 5.54 Å². The summed E-state index contributed by atoms with van der Waals surface area (Å²) >= 11 is 0. The van der Waals surface area contributed by atoms with Gasteiger partial charge >= 0.3 is 0 Å². The lowest BCUT2D eigenvalue weighted by molar-refractivity contribution is -0.126. The molecule has 6 nitrogen and oxygen atoms in total. The summed E-state index contributed by atoms with van der Waals surface area (Å²) < 4.78 is 0. The Hall–Kier alpha value is -2.44. The molecule has 0 spiro atoms. The van der Waals surface area contributed by atoms with Gasteiger partial charge in [0, 0.05) is 38.9 Å². The van der Waals surface area contributed by atoms with Crippen molar-refractivity contribution in [3.63, 3.8) is 0 Å². The first-order chi connectivity index (χ1) is 12.5. The summed E-state index contributed by atoms with van der Waals surface area (Å²) in [5, 5.41) is 2.92. The number of carbonyl (C=O) groups excluding carboxylic acids is 1. The molecule has 1 amide bonds. The molecule has 2 heterocycles. The molecule has 1 unspecified atom stereocenters. The van der Waals surface area contributed by atoms with Crippen LogP contribution >= 0.6 is 0 Å². The highest BCUT2D eigenvalue weighted by molar-refractivity contribution is 5.86. The quantitative estimate of drug-likeness (QED) is 0.848. The van der Waals surface area contributed by atoms with Crippen molar-refractivity contribution >= 4 is 11.7 Å². The molecule has 1 atom stereocenters. The van der Waals surface area contributed by atoms with Crippen LogP contribution in [0.15, 0.2) is 48.7 Å². The van der Waals surface area contributed by atoms with Crippen LogP contribution in [0.1, 0.15) is 18.1 Å². The van der Waals surface area contributed by atoms with Gasteiger partial charge in [-0.1, -0.05) is 36.4 Å². The van der Waals surface area contributed by atoms with Crippen molar-refractivity contribution in [1.82, 2.24) is 15.2 Å². The van der Waals surface area contributed by atoms with E-state index in [1.807, 2.05) is 48.7 Å². The van der Waals surface area contributed by atoms with E-state index in [1.54, 1.807) is 6.92 Å². The maximum atomic E-state index is 12.5. The fourth-order valence-corrected chi connectivity index (χ4v) is 3.03. The normalized spacial score (nSPS) is 17.6. The lowest BCUT2D eigenvalue weighted by atomic mass is 9.92. The molecule has 0 bridgehead atoms. The maximum absolute atomic E-state index is 12.5. The third-order valence-electron chi connectivity index (χ3n) is 4.93. The van der Waals surface area contributed by atoms with Crippen LogP contribution in [0.5, 0.6) is 0 Å². The first-order valence-electron chi connectivity index (χ1n) is 8.98. The molecule has 1 aromatic heterocycles. The predicted molar refractivity (Wildman–Crippen MR) is 104 cm³/mol. The molecule has 1 fully saturated rings. The number of likely N-dealkylation sites (N-methyl/N-ethyl adjacent to an activating group) is 1. The fraction of sp³-hybridized carbons (Fsp3) is 0.400. The van der Waals surface area contributed by atoms with Crippen LogP contribution in [-0.4, -0.2) is 49.0 Å². The van der Waals surface area contributed by atoms with Crippen LogP contribution in [0, 0.1) is 0 Å². The average molecular weight is 353 g/mol. The molecule has 6 heteroatoms. The zero-order valence-electron chi connectivity index (χ0n) is 15.5. The second-order valence-corrected chi connectivity index (χ2v) is 7.07. The van der Waals surface area contributed by atoms with Gasteiger partial charge in [0.2, 0.25) is 5.91 Å². The molecular weight excluding hydrogens is 326 g/mol. The number of hydrogen-bond acceptors (Lipinski definition) is 5. The molecular formula is C20H27N5O. The Morgan fingerprint density at radius 2 is 1.85 bits per heavy atom. The highest BCUT2D eigenvalue weighted by Gasteiger charge is 2.30. The minimum atomic E-state index is -1.06. The molecule has 1 aliphatic heterocycles. The van der Waals surface area contributed by atoms with Gasteiger partial charge in [-0.25, -0.2) is 4.98 Å². The standard InChI is InChI=1S/C20H27N5O/c1-20(21,17-6-4-3-5-7-17)19(26)23-15-16-8-9-18(22-14-16)25-12-10-24(2)11-13-25/h3-9,14H,10-13,15,21H2,1-2H3,(H,23,26). The summed E-state index contributed by atoms with van der Waals surface area (Å²) in [5.74, 6) is 0.785. The Kier molecular flexibility index (Phi) is 5.54. The van der Waals surface area contributed by atoms with Gasteiger partial charge in [-0.2, -0.15) is 0 Å². The van der Waals surface area contributed by atoms with Gasteiger partial charge in [0.15, 0.2) is 0 Å². The zero-order chi connectivity index (χ0) is 18.6. The molecule has 3 rings (SSSR count). The summed E-state index contributed by atoms with van der Waals surface area (Å²) in [7, 11) is 2.14. The van der Waals surface area contributed by atoms with Gasteiger partial charge in [-0.15, -0.1) is 0 Å². The largest absolute Gasteiger partial charge is 0.354 e. The minimum Gasteiger partial charge on any atom is -0.354 e. The van der Waals surface area contributed by atoms with E-state index in [9.17, 15) is 4.79 Å². The van der Waals surface area contributed by atoms with Crippen LogP contribution in [0.4, 0.5) is 5.82 Å². The third kappa shape index (κ3) is 4.20. The number of carbonyl (C=O) groups is 1. The van der Waals surface area contributed by atoms with Gasteiger partial charge in [0.1, 0.15) is 11.4 Å². The number of nitrogens with two attached hydrogens (primary N) is 1. The fourth-order valence-electron chi connectivity index (χ4n) is 3.03. The van der Waals surface area contributed by atoms with E-state index >= 15 is 0 Å². The number of piperazine rings is 1. The van der Waals surface area contributed by atoms with Crippen LogP contribution in [0.3, 0.4) is 0 Å². The number of benzene rings is 1. The second-order valence-electron chi connectivity index (χ2n) is 7.07. The number of aromatic nitrogens is 1. The Balaban J connectivity index is 1.57. The van der Waals surface area contributed by atoms with Gasteiger partial charge in [-0.05, 0) is 31.2 Å². The zero-order valence-corrected chi connectivity index (χ0v) is 15.5. The van der Waals surface area contributed by atoms with Crippen LogP contribution < -0.4 is 16.0 Å². The van der Waals surface area contributed by atoms with Crippen LogP contribution in [0.25, 0.3) is 0 Å². The van der Waals surface area contributed by atoms with Gasteiger partial charge in [0.05, 0.1) is 0 Å². The van der Waals surface area contributed by atoms with Gasteiger partial charge in [-0.3, -0.25) is 4.79 Å². The molecule has 1 saturated heterocycles. The monoisotopic (exact) mass is 353 g/mol. The Morgan fingerprint density at radius 3 is 2.46 bits per heavy atom. The molecule has 1 aliphatic rings. The SMILES string of the molecule is CN1CCN(c2ccc(CNC(=O)C(C)(N)c3ccccc3)cn2)CC1. The molecule has 3 N–H and O–H groups in total. The number of anilines is 1. The molecule has 138 valence electrons. The summed E-state index contributed by atoms with van der Waals surface area (Å²) in [6.45, 7) is 6.22. The molecule has 1 aromatic carbocycles. The van der Waals surface area contributed by atoms with Gasteiger partial charge < -0.3 is 20.9 Å².